The van der Waals surface area contributed by atoms with E-state index in [1.807, 2.05) is 18.2 Å². The summed E-state index contributed by atoms with van der Waals surface area (Å²) in [5.41, 5.74) is 1.15. The fraction of sp³-hybridized carbons (Fsp3) is 0.417. The Balaban J connectivity index is 2.09. The van der Waals surface area contributed by atoms with Gasteiger partial charge in [-0.25, -0.2) is 0 Å². The van der Waals surface area contributed by atoms with Crippen LogP contribution in [-0.4, -0.2) is 26.2 Å². The molecular weight excluding hydrogens is 270 g/mol. The molecule has 1 heterocycles. The number of carbonyl (C=O) groups is 1. The van der Waals surface area contributed by atoms with Crippen LogP contribution in [0.25, 0.3) is 0 Å². The molecule has 0 radical (unpaired) electrons. The highest BCUT2D eigenvalue weighted by Crippen LogP contribution is 2.30. The molecule has 0 bridgehead atoms. The summed E-state index contributed by atoms with van der Waals surface area (Å²) in [6.07, 6.45) is 0.869. The van der Waals surface area contributed by atoms with Crippen LogP contribution < -0.4 is 4.90 Å². The predicted octanol–water partition coefficient (Wildman–Crippen LogP) is 2.45. The van der Waals surface area contributed by atoms with E-state index in [0.29, 0.717) is 0 Å². The van der Waals surface area contributed by atoms with Crippen molar-refractivity contribution in [3.63, 3.8) is 0 Å². The van der Waals surface area contributed by atoms with Crippen LogP contribution in [0.5, 0.6) is 0 Å². The normalized spacial score (nSPS) is 19.9. The summed E-state index contributed by atoms with van der Waals surface area (Å²) < 4.78 is 5.84. The highest BCUT2D eigenvalue weighted by Gasteiger charge is 2.29. The van der Waals surface area contributed by atoms with Gasteiger partial charge in [0.2, 0.25) is 0 Å². The molecule has 1 saturated heterocycles. The minimum absolute atomic E-state index is 0.0112. The number of benzene rings is 1. The van der Waals surface area contributed by atoms with Gasteiger partial charge in [0.15, 0.2) is 0 Å². The zero-order valence-corrected chi connectivity index (χ0v) is 10.7. The van der Waals surface area contributed by atoms with Gasteiger partial charge in [-0.1, -0.05) is 12.1 Å². The van der Waals surface area contributed by atoms with E-state index < -0.39 is 0 Å². The van der Waals surface area contributed by atoms with Crippen molar-refractivity contribution in [1.29, 1.82) is 0 Å². The summed E-state index contributed by atoms with van der Waals surface area (Å²) in [6.45, 7) is 1.65. The Labute approximate surface area is 104 Å². The molecule has 1 aliphatic heterocycles. The molecule has 1 aliphatic rings. The molecule has 3 nitrogen and oxygen atoms in total. The number of para-hydroxylation sites is 1. The van der Waals surface area contributed by atoms with Gasteiger partial charge >= 0.3 is 5.97 Å². The number of anilines is 1. The van der Waals surface area contributed by atoms with Crippen molar-refractivity contribution in [2.24, 2.45) is 5.92 Å². The number of halogens is 1. The Bertz CT molecular complexity index is 394. The van der Waals surface area contributed by atoms with Gasteiger partial charge in [-0.15, -0.1) is 0 Å². The summed E-state index contributed by atoms with van der Waals surface area (Å²) >= 11 is 3.52. The van der Waals surface area contributed by atoms with Crippen LogP contribution in [0, 0.1) is 5.92 Å². The lowest BCUT2D eigenvalue weighted by Gasteiger charge is -2.19. The molecule has 86 valence electrons. The minimum Gasteiger partial charge on any atom is -0.469 e. The van der Waals surface area contributed by atoms with Crippen molar-refractivity contribution >= 4 is 27.6 Å². The van der Waals surface area contributed by atoms with Crippen LogP contribution in [-0.2, 0) is 9.53 Å². The molecule has 4 heteroatoms. The third-order valence-corrected chi connectivity index (χ3v) is 3.59. The Morgan fingerprint density at radius 1 is 1.50 bits per heavy atom. The second-order valence-corrected chi connectivity index (χ2v) is 4.76. The number of esters is 1. The van der Waals surface area contributed by atoms with Gasteiger partial charge in [0, 0.05) is 17.6 Å². The Morgan fingerprint density at radius 3 is 2.94 bits per heavy atom. The summed E-state index contributed by atoms with van der Waals surface area (Å²) in [4.78, 5) is 13.6. The van der Waals surface area contributed by atoms with E-state index in [1.54, 1.807) is 0 Å². The Hall–Kier alpha value is -1.03. The van der Waals surface area contributed by atoms with Crippen molar-refractivity contribution in [3.8, 4) is 0 Å². The second-order valence-electron chi connectivity index (χ2n) is 3.91. The molecule has 0 aliphatic carbocycles. The highest BCUT2D eigenvalue weighted by molar-refractivity contribution is 9.10. The van der Waals surface area contributed by atoms with Crippen LogP contribution in [0.1, 0.15) is 6.42 Å². The number of hydrogen-bond donors (Lipinski definition) is 0. The lowest BCUT2D eigenvalue weighted by Crippen LogP contribution is -2.23. The standard InChI is InChI=1S/C12H14BrNO2/c1-16-12(15)9-6-7-14(8-9)11-5-3-2-4-10(11)13/h2-5,9H,6-8H2,1H3. The van der Waals surface area contributed by atoms with Gasteiger partial charge in [-0.05, 0) is 34.5 Å². The molecule has 1 aromatic carbocycles. The zero-order valence-electron chi connectivity index (χ0n) is 9.15. The van der Waals surface area contributed by atoms with Crippen LogP contribution in [0.15, 0.2) is 28.7 Å². The van der Waals surface area contributed by atoms with Crippen LogP contribution in [0.4, 0.5) is 5.69 Å². The third-order valence-electron chi connectivity index (χ3n) is 2.92. The first-order valence-corrected chi connectivity index (χ1v) is 6.09. The fourth-order valence-corrected chi connectivity index (χ4v) is 2.58. The van der Waals surface area contributed by atoms with Crippen molar-refractivity contribution in [1.82, 2.24) is 0 Å². The Kier molecular flexibility index (Phi) is 3.49. The maximum absolute atomic E-state index is 11.4. The van der Waals surface area contributed by atoms with Crippen LogP contribution in [0.2, 0.25) is 0 Å². The maximum Gasteiger partial charge on any atom is 0.310 e. The lowest BCUT2D eigenvalue weighted by atomic mass is 10.1. The summed E-state index contributed by atoms with van der Waals surface area (Å²) in [5, 5.41) is 0. The van der Waals surface area contributed by atoms with Crippen LogP contribution in [0.3, 0.4) is 0 Å². The number of carbonyl (C=O) groups excluding carboxylic acids is 1. The SMILES string of the molecule is COC(=O)C1CCN(c2ccccc2Br)C1. The average molecular weight is 284 g/mol. The number of hydrogen-bond acceptors (Lipinski definition) is 3. The first-order valence-electron chi connectivity index (χ1n) is 5.29. The minimum atomic E-state index is -0.102. The van der Waals surface area contributed by atoms with Gasteiger partial charge in [0.25, 0.3) is 0 Å². The molecule has 0 aromatic heterocycles. The number of ether oxygens (including phenoxy) is 1. The van der Waals surface area contributed by atoms with Gasteiger partial charge in [-0.3, -0.25) is 4.79 Å². The van der Waals surface area contributed by atoms with E-state index in [1.165, 1.54) is 7.11 Å². The molecule has 1 atom stereocenters. The molecule has 2 rings (SSSR count). The molecule has 0 amide bonds. The monoisotopic (exact) mass is 283 g/mol. The molecule has 0 spiro atoms. The lowest BCUT2D eigenvalue weighted by molar-refractivity contribution is -0.144. The maximum atomic E-state index is 11.4. The Morgan fingerprint density at radius 2 is 2.25 bits per heavy atom. The van der Waals surface area contributed by atoms with E-state index in [-0.39, 0.29) is 11.9 Å². The van der Waals surface area contributed by atoms with Crippen molar-refractivity contribution in [2.45, 2.75) is 6.42 Å². The molecule has 0 saturated carbocycles. The van der Waals surface area contributed by atoms with E-state index in [0.717, 1.165) is 29.7 Å². The quantitative estimate of drug-likeness (QED) is 0.781. The molecule has 1 aromatic rings. The molecular formula is C12H14BrNO2. The first kappa shape index (κ1) is 11.5. The third kappa shape index (κ3) is 2.21. The molecule has 1 unspecified atom stereocenters. The van der Waals surface area contributed by atoms with Gasteiger partial charge < -0.3 is 9.64 Å². The largest absolute Gasteiger partial charge is 0.469 e. The number of rotatable bonds is 2. The number of methoxy groups -OCH3 is 1. The molecule has 1 fully saturated rings. The van der Waals surface area contributed by atoms with E-state index in [4.69, 9.17) is 4.74 Å². The summed E-state index contributed by atoms with van der Waals surface area (Å²) in [6, 6.07) is 8.07. The van der Waals surface area contributed by atoms with Crippen molar-refractivity contribution in [2.75, 3.05) is 25.1 Å². The smallest absolute Gasteiger partial charge is 0.310 e. The average Bonchev–Trinajstić information content (AvgIpc) is 2.78. The predicted molar refractivity (Wildman–Crippen MR) is 66.5 cm³/mol. The van der Waals surface area contributed by atoms with E-state index in [9.17, 15) is 4.79 Å². The first-order chi connectivity index (χ1) is 7.72. The summed E-state index contributed by atoms with van der Waals surface area (Å²) in [7, 11) is 1.45. The molecule has 16 heavy (non-hydrogen) atoms. The highest BCUT2D eigenvalue weighted by atomic mass is 79.9. The van der Waals surface area contributed by atoms with Gasteiger partial charge in [0.05, 0.1) is 18.7 Å². The van der Waals surface area contributed by atoms with Gasteiger partial charge in [0.1, 0.15) is 0 Å². The van der Waals surface area contributed by atoms with Gasteiger partial charge in [-0.2, -0.15) is 0 Å². The van der Waals surface area contributed by atoms with Crippen molar-refractivity contribution in [3.05, 3.63) is 28.7 Å². The zero-order chi connectivity index (χ0) is 11.5. The summed E-state index contributed by atoms with van der Waals surface area (Å²) in [5.74, 6) is -0.0911. The van der Waals surface area contributed by atoms with E-state index >= 15 is 0 Å². The number of nitrogens with zero attached hydrogens (tertiary/aromatic N) is 1. The molecule has 0 N–H and O–H groups in total. The van der Waals surface area contributed by atoms with Crippen molar-refractivity contribution < 1.29 is 9.53 Å². The fourth-order valence-electron chi connectivity index (χ4n) is 2.05. The second kappa shape index (κ2) is 4.87. The van der Waals surface area contributed by atoms with E-state index in [2.05, 4.69) is 26.9 Å². The van der Waals surface area contributed by atoms with Crippen LogP contribution >= 0.6 is 15.9 Å². The topological polar surface area (TPSA) is 29.5 Å².